The van der Waals surface area contributed by atoms with Crippen molar-refractivity contribution in [2.75, 3.05) is 11.1 Å². The predicted octanol–water partition coefficient (Wildman–Crippen LogP) is 3.42. The number of carbonyl (C=O) groups excluding carboxylic acids is 2. The summed E-state index contributed by atoms with van der Waals surface area (Å²) in [6.45, 7) is 0.557. The maximum absolute atomic E-state index is 12.0. The molecule has 0 spiro atoms. The second kappa shape index (κ2) is 6.54. The van der Waals surface area contributed by atoms with E-state index < -0.39 is 0 Å². The number of carbonyl (C=O) groups is 2. The fraction of sp³-hybridized carbons (Fsp3) is 0.125. The summed E-state index contributed by atoms with van der Waals surface area (Å²) in [6, 6.07) is 13.2. The lowest BCUT2D eigenvalue weighted by molar-refractivity contribution is -0.113. The quantitative estimate of drug-likeness (QED) is 0.803. The highest BCUT2D eigenvalue weighted by Crippen LogP contribution is 2.22. The van der Waals surface area contributed by atoms with Crippen LogP contribution in [0.5, 0.6) is 0 Å². The molecule has 0 unspecified atom stereocenters. The van der Waals surface area contributed by atoms with Crippen LogP contribution in [0, 0.1) is 0 Å². The van der Waals surface area contributed by atoms with Gasteiger partial charge in [0.25, 0.3) is 5.91 Å². The van der Waals surface area contributed by atoms with Crippen LogP contribution in [0.3, 0.4) is 0 Å². The SMILES string of the molecule is O=C(CSc1ccc(Br)cc1)Nc1ccc2c(c1)C(=O)NC2. The number of benzene rings is 2. The van der Waals surface area contributed by atoms with Gasteiger partial charge in [0.05, 0.1) is 5.75 Å². The van der Waals surface area contributed by atoms with E-state index in [1.165, 1.54) is 11.8 Å². The predicted molar refractivity (Wildman–Crippen MR) is 91.1 cm³/mol. The topological polar surface area (TPSA) is 58.2 Å². The summed E-state index contributed by atoms with van der Waals surface area (Å²) in [4.78, 5) is 24.6. The summed E-state index contributed by atoms with van der Waals surface area (Å²) in [7, 11) is 0. The van der Waals surface area contributed by atoms with Crippen molar-refractivity contribution >= 4 is 45.2 Å². The van der Waals surface area contributed by atoms with Crippen molar-refractivity contribution in [3.05, 3.63) is 58.1 Å². The summed E-state index contributed by atoms with van der Waals surface area (Å²) in [5.74, 6) is 0.145. The highest BCUT2D eigenvalue weighted by molar-refractivity contribution is 9.10. The fourth-order valence-corrected chi connectivity index (χ4v) is 3.13. The zero-order valence-corrected chi connectivity index (χ0v) is 14.0. The molecule has 2 N–H and O–H groups in total. The van der Waals surface area contributed by atoms with Gasteiger partial charge < -0.3 is 10.6 Å². The van der Waals surface area contributed by atoms with Crippen LogP contribution in [-0.2, 0) is 11.3 Å². The van der Waals surface area contributed by atoms with E-state index >= 15 is 0 Å². The molecule has 2 aromatic carbocycles. The largest absolute Gasteiger partial charge is 0.348 e. The number of anilines is 1. The third-order valence-electron chi connectivity index (χ3n) is 3.26. The average molecular weight is 377 g/mol. The lowest BCUT2D eigenvalue weighted by atomic mass is 10.1. The van der Waals surface area contributed by atoms with Gasteiger partial charge in [-0.2, -0.15) is 0 Å². The average Bonchev–Trinajstić information content (AvgIpc) is 2.88. The molecule has 1 aliphatic rings. The minimum absolute atomic E-state index is 0.0877. The molecule has 4 nitrogen and oxygen atoms in total. The Labute approximate surface area is 140 Å². The Morgan fingerprint density at radius 2 is 2.00 bits per heavy atom. The summed E-state index contributed by atoms with van der Waals surface area (Å²) < 4.78 is 1.01. The minimum atomic E-state index is -0.0914. The van der Waals surface area contributed by atoms with Crippen molar-refractivity contribution in [1.82, 2.24) is 5.32 Å². The van der Waals surface area contributed by atoms with E-state index in [0.29, 0.717) is 23.5 Å². The first-order valence-electron chi connectivity index (χ1n) is 6.71. The number of hydrogen-bond acceptors (Lipinski definition) is 3. The normalized spacial score (nSPS) is 12.7. The van der Waals surface area contributed by atoms with E-state index in [4.69, 9.17) is 0 Å². The molecule has 0 aliphatic carbocycles. The maximum atomic E-state index is 12.0. The van der Waals surface area contributed by atoms with Crippen molar-refractivity contribution in [3.63, 3.8) is 0 Å². The molecule has 1 aliphatic heterocycles. The molecule has 1 heterocycles. The minimum Gasteiger partial charge on any atom is -0.348 e. The summed E-state index contributed by atoms with van der Waals surface area (Å²) in [6.07, 6.45) is 0. The Morgan fingerprint density at radius 3 is 2.77 bits per heavy atom. The van der Waals surface area contributed by atoms with Crippen LogP contribution >= 0.6 is 27.7 Å². The van der Waals surface area contributed by atoms with Crippen molar-refractivity contribution in [2.24, 2.45) is 0 Å². The first-order valence-corrected chi connectivity index (χ1v) is 8.49. The molecule has 22 heavy (non-hydrogen) atoms. The van der Waals surface area contributed by atoms with Gasteiger partial charge in [0.2, 0.25) is 5.91 Å². The number of rotatable bonds is 4. The van der Waals surface area contributed by atoms with Gasteiger partial charge in [-0.15, -0.1) is 11.8 Å². The van der Waals surface area contributed by atoms with Gasteiger partial charge in [-0.05, 0) is 42.0 Å². The molecule has 2 aromatic rings. The molecule has 2 amide bonds. The summed E-state index contributed by atoms with van der Waals surface area (Å²) in [5.41, 5.74) is 2.25. The van der Waals surface area contributed by atoms with E-state index in [2.05, 4.69) is 26.6 Å². The molecule has 112 valence electrons. The maximum Gasteiger partial charge on any atom is 0.251 e. The lowest BCUT2D eigenvalue weighted by Crippen LogP contribution is -2.15. The summed E-state index contributed by atoms with van der Waals surface area (Å²) >= 11 is 4.85. The molecule has 0 radical (unpaired) electrons. The Bertz CT molecular complexity index is 731. The van der Waals surface area contributed by atoms with E-state index in [1.54, 1.807) is 6.07 Å². The van der Waals surface area contributed by atoms with Crippen molar-refractivity contribution < 1.29 is 9.59 Å². The molecule has 0 fully saturated rings. The van der Waals surface area contributed by atoms with Gasteiger partial charge in [0.1, 0.15) is 0 Å². The monoisotopic (exact) mass is 376 g/mol. The molecular formula is C16H13BrN2O2S. The van der Waals surface area contributed by atoms with Crippen molar-refractivity contribution in [1.29, 1.82) is 0 Å². The Morgan fingerprint density at radius 1 is 1.23 bits per heavy atom. The third-order valence-corrected chi connectivity index (χ3v) is 4.80. The molecular weight excluding hydrogens is 364 g/mol. The van der Waals surface area contributed by atoms with Crippen molar-refractivity contribution in [2.45, 2.75) is 11.4 Å². The number of halogens is 1. The molecule has 6 heteroatoms. The van der Waals surface area contributed by atoms with Gasteiger partial charge in [-0.1, -0.05) is 22.0 Å². The first kappa shape index (κ1) is 15.1. The van der Waals surface area contributed by atoms with E-state index in [1.807, 2.05) is 36.4 Å². The van der Waals surface area contributed by atoms with Gasteiger partial charge in [-0.25, -0.2) is 0 Å². The fourth-order valence-electron chi connectivity index (χ4n) is 2.17. The first-order chi connectivity index (χ1) is 10.6. The van der Waals surface area contributed by atoms with Crippen LogP contribution in [0.15, 0.2) is 51.8 Å². The molecule has 0 bridgehead atoms. The number of amides is 2. The number of hydrogen-bond donors (Lipinski definition) is 2. The molecule has 0 atom stereocenters. The van der Waals surface area contributed by atoms with E-state index in [9.17, 15) is 9.59 Å². The smallest absolute Gasteiger partial charge is 0.251 e. The third kappa shape index (κ3) is 3.51. The highest BCUT2D eigenvalue weighted by atomic mass is 79.9. The lowest BCUT2D eigenvalue weighted by Gasteiger charge is -2.06. The second-order valence-electron chi connectivity index (χ2n) is 4.85. The van der Waals surface area contributed by atoms with E-state index in [-0.39, 0.29) is 11.8 Å². The van der Waals surface area contributed by atoms with Gasteiger partial charge in [0.15, 0.2) is 0 Å². The number of thioether (sulfide) groups is 1. The van der Waals surface area contributed by atoms with Crippen LogP contribution in [0.2, 0.25) is 0 Å². The number of nitrogens with one attached hydrogen (secondary N) is 2. The standard InChI is InChI=1S/C16H13BrN2O2S/c17-11-2-5-13(6-3-11)22-9-15(20)19-12-4-1-10-8-18-16(21)14(10)7-12/h1-7H,8-9H2,(H,18,21)(H,19,20). The van der Waals surface area contributed by atoms with Crippen LogP contribution < -0.4 is 10.6 Å². The van der Waals surface area contributed by atoms with E-state index in [0.717, 1.165) is 14.9 Å². The van der Waals surface area contributed by atoms with Gasteiger partial charge in [0, 0.05) is 27.2 Å². The number of fused-ring (bicyclic) bond motifs is 1. The Hall–Kier alpha value is -1.79. The summed E-state index contributed by atoms with van der Waals surface area (Å²) in [5, 5.41) is 5.58. The van der Waals surface area contributed by atoms with Crippen LogP contribution in [0.4, 0.5) is 5.69 Å². The molecule has 0 saturated carbocycles. The van der Waals surface area contributed by atoms with Crippen molar-refractivity contribution in [3.8, 4) is 0 Å². The van der Waals surface area contributed by atoms with Crippen LogP contribution in [0.25, 0.3) is 0 Å². The Kier molecular flexibility index (Phi) is 4.49. The molecule has 0 saturated heterocycles. The van der Waals surface area contributed by atoms with Crippen LogP contribution in [-0.4, -0.2) is 17.6 Å². The molecule has 0 aromatic heterocycles. The second-order valence-corrected chi connectivity index (χ2v) is 6.81. The van der Waals surface area contributed by atoms with Gasteiger partial charge >= 0.3 is 0 Å². The van der Waals surface area contributed by atoms with Gasteiger partial charge in [-0.3, -0.25) is 9.59 Å². The van der Waals surface area contributed by atoms with Crippen LogP contribution in [0.1, 0.15) is 15.9 Å². The Balaban J connectivity index is 1.59. The highest BCUT2D eigenvalue weighted by Gasteiger charge is 2.19. The zero-order chi connectivity index (χ0) is 15.5. The molecule has 3 rings (SSSR count). The zero-order valence-electron chi connectivity index (χ0n) is 11.6.